The maximum atomic E-state index is 12.2. The molecule has 1 rings (SSSR count). The van der Waals surface area contributed by atoms with E-state index in [1.54, 1.807) is 4.90 Å². The van der Waals surface area contributed by atoms with Crippen LogP contribution in [0.1, 0.15) is 39.0 Å². The highest BCUT2D eigenvalue weighted by Gasteiger charge is 2.34. The van der Waals surface area contributed by atoms with Gasteiger partial charge in [-0.3, -0.25) is 9.59 Å². The highest BCUT2D eigenvalue weighted by atomic mass is 32.2. The van der Waals surface area contributed by atoms with Crippen molar-refractivity contribution in [3.05, 3.63) is 0 Å². The van der Waals surface area contributed by atoms with Gasteiger partial charge in [0.05, 0.1) is 25.0 Å². The first-order chi connectivity index (χ1) is 9.39. The lowest BCUT2D eigenvalue weighted by Gasteiger charge is -2.28. The van der Waals surface area contributed by atoms with Crippen LogP contribution in [0.15, 0.2) is 0 Å². The fourth-order valence-corrected chi connectivity index (χ4v) is 4.05. The van der Waals surface area contributed by atoms with Gasteiger partial charge in [-0.1, -0.05) is 13.3 Å². The summed E-state index contributed by atoms with van der Waals surface area (Å²) in [5.74, 6) is -0.337. The van der Waals surface area contributed by atoms with E-state index in [2.05, 4.69) is 4.74 Å². The number of carbonyl (C=O) groups excluding carboxylic acids is 2. The summed E-state index contributed by atoms with van der Waals surface area (Å²) in [4.78, 5) is 24.9. The molecule has 20 heavy (non-hydrogen) atoms. The van der Waals surface area contributed by atoms with Gasteiger partial charge in [0.1, 0.15) is 0 Å². The van der Waals surface area contributed by atoms with Gasteiger partial charge in [-0.25, -0.2) is 8.42 Å². The Morgan fingerprint density at radius 2 is 2.00 bits per heavy atom. The summed E-state index contributed by atoms with van der Waals surface area (Å²) in [6.45, 7) is 2.22. The van der Waals surface area contributed by atoms with E-state index in [-0.39, 0.29) is 42.4 Å². The highest BCUT2D eigenvalue weighted by Crippen LogP contribution is 2.19. The van der Waals surface area contributed by atoms with Gasteiger partial charge in [0.2, 0.25) is 5.91 Å². The quantitative estimate of drug-likeness (QED) is 0.649. The molecule has 0 aromatic heterocycles. The lowest BCUT2D eigenvalue weighted by molar-refractivity contribution is -0.142. The zero-order valence-electron chi connectivity index (χ0n) is 12.1. The van der Waals surface area contributed by atoms with Crippen LogP contribution in [-0.2, 0) is 24.2 Å². The summed E-state index contributed by atoms with van der Waals surface area (Å²) in [6, 6.07) is -0.297. The van der Waals surface area contributed by atoms with Crippen LogP contribution in [0, 0.1) is 0 Å². The van der Waals surface area contributed by atoms with E-state index >= 15 is 0 Å². The third-order valence-corrected chi connectivity index (χ3v) is 5.25. The molecule has 1 atom stereocenters. The molecule has 1 amide bonds. The van der Waals surface area contributed by atoms with Crippen molar-refractivity contribution in [3.63, 3.8) is 0 Å². The first-order valence-electron chi connectivity index (χ1n) is 6.96. The Labute approximate surface area is 120 Å². The zero-order valence-corrected chi connectivity index (χ0v) is 12.9. The average Bonchev–Trinajstić information content (AvgIpc) is 2.76. The summed E-state index contributed by atoms with van der Waals surface area (Å²) < 4.78 is 27.7. The Morgan fingerprint density at radius 1 is 1.30 bits per heavy atom. The lowest BCUT2D eigenvalue weighted by Crippen LogP contribution is -2.42. The maximum absolute atomic E-state index is 12.2. The molecule has 0 aromatic carbocycles. The highest BCUT2D eigenvalue weighted by molar-refractivity contribution is 7.91. The molecule has 1 aliphatic heterocycles. The molecule has 0 aromatic rings. The van der Waals surface area contributed by atoms with Gasteiger partial charge in [-0.2, -0.15) is 0 Å². The predicted octanol–water partition coefficient (Wildman–Crippen LogP) is 0.755. The second-order valence-corrected chi connectivity index (χ2v) is 7.30. The minimum absolute atomic E-state index is 0.00599. The number of rotatable bonds is 7. The Balaban J connectivity index is 2.68. The van der Waals surface area contributed by atoms with Gasteiger partial charge >= 0.3 is 5.97 Å². The van der Waals surface area contributed by atoms with Crippen molar-refractivity contribution in [1.82, 2.24) is 4.90 Å². The van der Waals surface area contributed by atoms with E-state index in [0.717, 1.165) is 12.8 Å². The molecule has 1 saturated heterocycles. The molecule has 6 nitrogen and oxygen atoms in total. The van der Waals surface area contributed by atoms with Gasteiger partial charge < -0.3 is 9.64 Å². The topological polar surface area (TPSA) is 80.8 Å². The number of nitrogens with zero attached hydrogens (tertiary/aromatic N) is 1. The first-order valence-corrected chi connectivity index (χ1v) is 8.78. The molecule has 7 heteroatoms. The molecule has 1 aliphatic rings. The Hall–Kier alpha value is -1.11. The van der Waals surface area contributed by atoms with Crippen LogP contribution in [-0.4, -0.2) is 56.4 Å². The fraction of sp³-hybridized carbons (Fsp3) is 0.846. The standard InChI is InChI=1S/C13H23NO5S/c1-3-4-5-12(15)14(8-6-13(16)19-2)11-7-9-20(17,18)10-11/h11H,3-10H2,1-2H3. The molecule has 0 aliphatic carbocycles. The van der Waals surface area contributed by atoms with Crippen LogP contribution in [0.2, 0.25) is 0 Å². The van der Waals surface area contributed by atoms with Crippen molar-refractivity contribution in [2.45, 2.75) is 45.1 Å². The van der Waals surface area contributed by atoms with Crippen LogP contribution in [0.3, 0.4) is 0 Å². The minimum Gasteiger partial charge on any atom is -0.469 e. The maximum Gasteiger partial charge on any atom is 0.307 e. The van der Waals surface area contributed by atoms with Crippen molar-refractivity contribution in [1.29, 1.82) is 0 Å². The molecule has 0 radical (unpaired) electrons. The van der Waals surface area contributed by atoms with Crippen molar-refractivity contribution in [2.75, 3.05) is 25.2 Å². The summed E-state index contributed by atoms with van der Waals surface area (Å²) in [5, 5.41) is 0. The third-order valence-electron chi connectivity index (χ3n) is 3.50. The second kappa shape index (κ2) is 7.61. The van der Waals surface area contributed by atoms with Crippen molar-refractivity contribution >= 4 is 21.7 Å². The first kappa shape index (κ1) is 16.9. The molecule has 1 unspecified atom stereocenters. The predicted molar refractivity (Wildman–Crippen MR) is 74.9 cm³/mol. The van der Waals surface area contributed by atoms with Crippen LogP contribution in [0.25, 0.3) is 0 Å². The van der Waals surface area contributed by atoms with E-state index in [9.17, 15) is 18.0 Å². The number of hydrogen-bond donors (Lipinski definition) is 0. The number of methoxy groups -OCH3 is 1. The van der Waals surface area contributed by atoms with Crippen molar-refractivity contribution in [3.8, 4) is 0 Å². The Kier molecular flexibility index (Phi) is 6.45. The largest absolute Gasteiger partial charge is 0.469 e. The summed E-state index contributed by atoms with van der Waals surface area (Å²) in [7, 11) is -1.75. The van der Waals surface area contributed by atoms with Gasteiger partial charge in [0.15, 0.2) is 9.84 Å². The molecule has 0 bridgehead atoms. The normalized spacial score (nSPS) is 20.6. The Morgan fingerprint density at radius 3 is 2.50 bits per heavy atom. The van der Waals surface area contributed by atoms with Gasteiger partial charge in [-0.15, -0.1) is 0 Å². The molecule has 0 spiro atoms. The molecular weight excluding hydrogens is 282 g/mol. The number of amides is 1. The smallest absolute Gasteiger partial charge is 0.307 e. The Bertz CT molecular complexity index is 446. The van der Waals surface area contributed by atoms with Crippen LogP contribution < -0.4 is 0 Å². The number of ether oxygens (including phenoxy) is 1. The molecule has 116 valence electrons. The van der Waals surface area contributed by atoms with Crippen LogP contribution >= 0.6 is 0 Å². The van der Waals surface area contributed by atoms with Crippen LogP contribution in [0.5, 0.6) is 0 Å². The monoisotopic (exact) mass is 305 g/mol. The number of hydrogen-bond acceptors (Lipinski definition) is 5. The van der Waals surface area contributed by atoms with E-state index < -0.39 is 9.84 Å². The molecular formula is C13H23NO5S. The zero-order chi connectivity index (χ0) is 15.2. The van der Waals surface area contributed by atoms with Crippen molar-refractivity contribution < 1.29 is 22.7 Å². The van der Waals surface area contributed by atoms with Crippen molar-refractivity contribution in [2.24, 2.45) is 0 Å². The summed E-state index contributed by atoms with van der Waals surface area (Å²) in [5.41, 5.74) is 0. The van der Waals surface area contributed by atoms with Crippen LogP contribution in [0.4, 0.5) is 0 Å². The SMILES string of the molecule is CCCCC(=O)N(CCC(=O)OC)C1CCS(=O)(=O)C1. The molecule has 1 fully saturated rings. The number of carbonyl (C=O) groups is 2. The third kappa shape index (κ3) is 5.11. The van der Waals surface area contributed by atoms with E-state index in [1.807, 2.05) is 6.92 Å². The lowest BCUT2D eigenvalue weighted by atomic mass is 10.1. The van der Waals surface area contributed by atoms with Gasteiger partial charge in [0.25, 0.3) is 0 Å². The van der Waals surface area contributed by atoms with Gasteiger partial charge in [0, 0.05) is 19.0 Å². The second-order valence-electron chi connectivity index (χ2n) is 5.07. The van der Waals surface area contributed by atoms with Gasteiger partial charge in [-0.05, 0) is 12.8 Å². The molecule has 1 heterocycles. The number of sulfone groups is 1. The molecule has 0 saturated carbocycles. The number of esters is 1. The summed E-state index contributed by atoms with van der Waals surface area (Å²) >= 11 is 0. The fourth-order valence-electron chi connectivity index (χ4n) is 2.32. The van der Waals surface area contributed by atoms with E-state index in [1.165, 1.54) is 7.11 Å². The summed E-state index contributed by atoms with van der Waals surface area (Å²) in [6.07, 6.45) is 2.63. The molecule has 0 N–H and O–H groups in total. The minimum atomic E-state index is -3.05. The van der Waals surface area contributed by atoms with E-state index in [0.29, 0.717) is 12.8 Å². The number of unbranched alkanes of at least 4 members (excludes halogenated alkanes) is 1. The average molecular weight is 305 g/mol. The van der Waals surface area contributed by atoms with E-state index in [4.69, 9.17) is 0 Å².